The fourth-order valence-electron chi connectivity index (χ4n) is 4.73. The maximum Gasteiger partial charge on any atom is 0.253 e. The highest BCUT2D eigenvalue weighted by Crippen LogP contribution is 2.26. The van der Waals surface area contributed by atoms with Gasteiger partial charge in [-0.3, -0.25) is 14.4 Å². The van der Waals surface area contributed by atoms with Gasteiger partial charge in [-0.2, -0.15) is 0 Å². The molecular weight excluding hydrogens is 464 g/mol. The molecule has 2 aromatic rings. The quantitative estimate of drug-likeness (QED) is 0.517. The van der Waals surface area contributed by atoms with Crippen LogP contribution in [0.3, 0.4) is 0 Å². The first-order chi connectivity index (χ1) is 17.6. The second-order valence-corrected chi connectivity index (χ2v) is 11.0. The Kier molecular flexibility index (Phi) is 9.86. The number of likely N-dealkylation sites (N-methyl/N-ethyl adjacent to an activating group) is 1. The molecule has 0 unspecified atom stereocenters. The number of likely N-dealkylation sites (tertiary alicyclic amines) is 1. The van der Waals surface area contributed by atoms with E-state index in [-0.39, 0.29) is 23.8 Å². The number of rotatable bonds is 10. The SMILES string of the molecule is CN[C@@H](C)C(=O)N[C@H](C(=O)N1CCC[C@H]1CN(CCc1ccccc1)C(=O)c1ccccc1)C(C)(C)C. The van der Waals surface area contributed by atoms with Gasteiger partial charge in [0.15, 0.2) is 0 Å². The number of nitrogens with zero attached hydrogens (tertiary/aromatic N) is 2. The van der Waals surface area contributed by atoms with Crippen molar-refractivity contribution in [2.24, 2.45) is 5.41 Å². The van der Waals surface area contributed by atoms with Crippen molar-refractivity contribution in [2.75, 3.05) is 26.7 Å². The van der Waals surface area contributed by atoms with Crippen LogP contribution in [-0.4, -0.2) is 72.3 Å². The molecule has 7 nitrogen and oxygen atoms in total. The minimum Gasteiger partial charge on any atom is -0.342 e. The minimum absolute atomic E-state index is 0.0284. The fraction of sp³-hybridized carbons (Fsp3) is 0.500. The number of benzene rings is 2. The first-order valence-electron chi connectivity index (χ1n) is 13.3. The van der Waals surface area contributed by atoms with Crippen molar-refractivity contribution < 1.29 is 14.4 Å². The monoisotopic (exact) mass is 506 g/mol. The van der Waals surface area contributed by atoms with Crippen LogP contribution in [0.2, 0.25) is 0 Å². The van der Waals surface area contributed by atoms with Crippen LogP contribution in [-0.2, 0) is 16.0 Å². The third kappa shape index (κ3) is 7.65. The minimum atomic E-state index is -0.654. The summed E-state index contributed by atoms with van der Waals surface area (Å²) < 4.78 is 0. The summed E-state index contributed by atoms with van der Waals surface area (Å²) in [4.78, 5) is 43.8. The molecule has 3 atom stereocenters. The topological polar surface area (TPSA) is 81.8 Å². The van der Waals surface area contributed by atoms with Gasteiger partial charge in [0.05, 0.1) is 6.04 Å². The molecule has 1 aliphatic rings. The van der Waals surface area contributed by atoms with Gasteiger partial charge in [-0.1, -0.05) is 69.3 Å². The summed E-state index contributed by atoms with van der Waals surface area (Å²) in [6, 6.07) is 18.3. The lowest BCUT2D eigenvalue weighted by molar-refractivity contribution is -0.140. The molecule has 1 saturated heterocycles. The van der Waals surface area contributed by atoms with Crippen molar-refractivity contribution in [1.29, 1.82) is 0 Å². The molecule has 1 heterocycles. The van der Waals surface area contributed by atoms with E-state index >= 15 is 0 Å². The largest absolute Gasteiger partial charge is 0.342 e. The van der Waals surface area contributed by atoms with Crippen LogP contribution in [0.25, 0.3) is 0 Å². The van der Waals surface area contributed by atoms with Crippen molar-refractivity contribution in [2.45, 2.75) is 65.1 Å². The zero-order valence-electron chi connectivity index (χ0n) is 22.9. The molecule has 0 aliphatic carbocycles. The molecule has 1 aliphatic heterocycles. The smallest absolute Gasteiger partial charge is 0.253 e. The Morgan fingerprint density at radius 2 is 1.65 bits per heavy atom. The third-order valence-electron chi connectivity index (χ3n) is 7.14. The number of carbonyl (C=O) groups is 3. The highest BCUT2D eigenvalue weighted by Gasteiger charge is 2.40. The van der Waals surface area contributed by atoms with Gasteiger partial charge in [-0.05, 0) is 56.3 Å². The van der Waals surface area contributed by atoms with Gasteiger partial charge in [0.2, 0.25) is 11.8 Å². The maximum absolute atomic E-state index is 13.8. The predicted molar refractivity (Wildman–Crippen MR) is 147 cm³/mol. The molecule has 2 aromatic carbocycles. The van der Waals surface area contributed by atoms with Crippen molar-refractivity contribution in [3.05, 3.63) is 71.8 Å². The van der Waals surface area contributed by atoms with Gasteiger partial charge in [-0.25, -0.2) is 0 Å². The molecule has 0 aromatic heterocycles. The maximum atomic E-state index is 13.8. The summed E-state index contributed by atoms with van der Waals surface area (Å²) in [5.74, 6) is -0.309. The van der Waals surface area contributed by atoms with Crippen molar-refractivity contribution in [3.8, 4) is 0 Å². The van der Waals surface area contributed by atoms with Gasteiger partial charge in [0.25, 0.3) is 5.91 Å². The second kappa shape index (κ2) is 12.9. The lowest BCUT2D eigenvalue weighted by atomic mass is 9.85. The molecule has 0 spiro atoms. The van der Waals surface area contributed by atoms with E-state index in [1.807, 2.05) is 79.1 Å². The number of carbonyl (C=O) groups excluding carboxylic acids is 3. The molecule has 3 amide bonds. The third-order valence-corrected chi connectivity index (χ3v) is 7.14. The van der Waals surface area contributed by atoms with Crippen molar-refractivity contribution in [3.63, 3.8) is 0 Å². The Morgan fingerprint density at radius 3 is 2.24 bits per heavy atom. The Morgan fingerprint density at radius 1 is 1.03 bits per heavy atom. The number of hydrogen-bond acceptors (Lipinski definition) is 4. The van der Waals surface area contributed by atoms with E-state index in [0.29, 0.717) is 25.2 Å². The Balaban J connectivity index is 1.80. The van der Waals surface area contributed by atoms with Crippen molar-refractivity contribution in [1.82, 2.24) is 20.4 Å². The van der Waals surface area contributed by atoms with E-state index in [1.165, 1.54) is 5.56 Å². The zero-order valence-corrected chi connectivity index (χ0v) is 22.9. The van der Waals surface area contributed by atoms with Crippen molar-refractivity contribution >= 4 is 17.7 Å². The Hall–Kier alpha value is -3.19. The van der Waals surface area contributed by atoms with Gasteiger partial charge >= 0.3 is 0 Å². The highest BCUT2D eigenvalue weighted by atomic mass is 16.2. The second-order valence-electron chi connectivity index (χ2n) is 11.0. The highest BCUT2D eigenvalue weighted by molar-refractivity contribution is 5.94. The normalized spacial score (nSPS) is 17.2. The van der Waals surface area contributed by atoms with E-state index in [4.69, 9.17) is 0 Å². The summed E-state index contributed by atoms with van der Waals surface area (Å²) in [6.45, 7) is 9.33. The molecule has 0 bridgehead atoms. The zero-order chi connectivity index (χ0) is 27.0. The molecular formula is C30H42N4O3. The molecule has 2 N–H and O–H groups in total. The molecule has 1 fully saturated rings. The van der Waals surface area contributed by atoms with E-state index in [2.05, 4.69) is 22.8 Å². The Bertz CT molecular complexity index is 1040. The van der Waals surface area contributed by atoms with Crippen LogP contribution in [0.1, 0.15) is 56.5 Å². The lowest BCUT2D eigenvalue weighted by Crippen LogP contribution is -2.59. The summed E-state index contributed by atoms with van der Waals surface area (Å²) in [7, 11) is 1.72. The molecule has 0 radical (unpaired) electrons. The standard InChI is InChI=1S/C30H42N4O3/c1-22(31-5)27(35)32-26(30(2,3)4)29(37)34-19-12-17-25(34)21-33(20-18-23-13-8-6-9-14-23)28(36)24-15-10-7-11-16-24/h6-11,13-16,22,25-26,31H,12,17-21H2,1-5H3,(H,32,35)/t22-,25-,26+/m0/s1. The van der Waals surface area contributed by atoms with Gasteiger partial charge in [0, 0.05) is 31.2 Å². The van der Waals surface area contributed by atoms with Crippen LogP contribution < -0.4 is 10.6 Å². The fourth-order valence-corrected chi connectivity index (χ4v) is 4.73. The van der Waals surface area contributed by atoms with Crippen LogP contribution in [0.5, 0.6) is 0 Å². The summed E-state index contributed by atoms with van der Waals surface area (Å²) in [6.07, 6.45) is 2.44. The van der Waals surface area contributed by atoms with Gasteiger partial charge in [0.1, 0.15) is 6.04 Å². The Labute approximate surface area is 221 Å². The van der Waals surface area contributed by atoms with Crippen LogP contribution >= 0.6 is 0 Å². The van der Waals surface area contributed by atoms with E-state index in [0.717, 1.165) is 19.3 Å². The first kappa shape index (κ1) is 28.4. The summed E-state index contributed by atoms with van der Waals surface area (Å²) in [5, 5.41) is 5.92. The van der Waals surface area contributed by atoms with E-state index in [1.54, 1.807) is 14.0 Å². The molecule has 0 saturated carbocycles. The average molecular weight is 507 g/mol. The molecule has 37 heavy (non-hydrogen) atoms. The van der Waals surface area contributed by atoms with E-state index in [9.17, 15) is 14.4 Å². The lowest BCUT2D eigenvalue weighted by Gasteiger charge is -2.37. The number of amides is 3. The van der Waals surface area contributed by atoms with Crippen LogP contribution in [0.15, 0.2) is 60.7 Å². The first-order valence-corrected chi connectivity index (χ1v) is 13.3. The number of hydrogen-bond donors (Lipinski definition) is 2. The van der Waals surface area contributed by atoms with Crippen LogP contribution in [0.4, 0.5) is 0 Å². The van der Waals surface area contributed by atoms with E-state index < -0.39 is 17.5 Å². The molecule has 7 heteroatoms. The molecule has 3 rings (SSSR count). The molecule has 200 valence electrons. The predicted octanol–water partition coefficient (Wildman–Crippen LogP) is 3.50. The summed E-state index contributed by atoms with van der Waals surface area (Å²) in [5.41, 5.74) is 1.36. The summed E-state index contributed by atoms with van der Waals surface area (Å²) >= 11 is 0. The van der Waals surface area contributed by atoms with Crippen LogP contribution in [0, 0.1) is 5.41 Å². The van der Waals surface area contributed by atoms with Gasteiger partial charge in [-0.15, -0.1) is 0 Å². The average Bonchev–Trinajstić information content (AvgIpc) is 3.36. The number of nitrogens with one attached hydrogen (secondary N) is 2. The van der Waals surface area contributed by atoms with Gasteiger partial charge < -0.3 is 20.4 Å².